The smallest absolute Gasteiger partial charge is 0.404 e. The molecule has 0 bridgehead atoms. The maximum atomic E-state index is 13.7. The number of carbonyl (C=O) groups is 3. The molecule has 1 aliphatic carbocycles. The fourth-order valence-corrected chi connectivity index (χ4v) is 6.05. The van der Waals surface area contributed by atoms with Gasteiger partial charge in [-0.1, -0.05) is 53.7 Å². The van der Waals surface area contributed by atoms with E-state index in [0.29, 0.717) is 53.0 Å². The summed E-state index contributed by atoms with van der Waals surface area (Å²) in [5.74, 6) is -0.786. The van der Waals surface area contributed by atoms with E-state index < -0.39 is 18.1 Å². The van der Waals surface area contributed by atoms with E-state index in [4.69, 9.17) is 34.8 Å². The Bertz CT molecular complexity index is 1160. The monoisotopic (exact) mass is 565 g/mol. The summed E-state index contributed by atoms with van der Waals surface area (Å²) in [5, 5.41) is 13.2. The van der Waals surface area contributed by atoms with Gasteiger partial charge in [-0.05, 0) is 61.2 Å². The molecule has 0 spiro atoms. The number of likely N-dealkylation sites (N-methyl/N-ethyl adjacent to an activating group) is 1. The van der Waals surface area contributed by atoms with E-state index in [1.165, 1.54) is 0 Å². The highest BCUT2D eigenvalue weighted by molar-refractivity contribution is 6.42. The maximum Gasteiger partial charge on any atom is 0.404 e. The number of piperidine rings is 1. The molecule has 2 N–H and O–H groups in total. The predicted octanol–water partition coefficient (Wildman–Crippen LogP) is 5.93. The van der Waals surface area contributed by atoms with Crippen LogP contribution in [0.3, 0.4) is 0 Å². The topological polar surface area (TPSA) is 90.0 Å². The number of nitrogens with one attached hydrogen (secondary N) is 1. The Hall–Kier alpha value is -2.48. The highest BCUT2D eigenvalue weighted by atomic mass is 35.5. The number of likely N-dealkylation sites (tertiary alicyclic amines) is 1. The van der Waals surface area contributed by atoms with Crippen molar-refractivity contribution in [2.75, 3.05) is 20.1 Å². The third-order valence-corrected chi connectivity index (χ3v) is 8.55. The van der Waals surface area contributed by atoms with Gasteiger partial charge in [0, 0.05) is 48.7 Å². The van der Waals surface area contributed by atoms with Gasteiger partial charge in [-0.15, -0.1) is 0 Å². The first-order valence-electron chi connectivity index (χ1n) is 12.4. The van der Waals surface area contributed by atoms with E-state index in [1.54, 1.807) is 48.3 Å². The van der Waals surface area contributed by atoms with Crippen molar-refractivity contribution < 1.29 is 19.5 Å². The van der Waals surface area contributed by atoms with Gasteiger partial charge in [0.25, 0.3) is 5.91 Å². The first kappa shape index (κ1) is 27.6. The second-order valence-electron chi connectivity index (χ2n) is 9.79. The van der Waals surface area contributed by atoms with Crippen molar-refractivity contribution in [2.24, 2.45) is 5.92 Å². The lowest BCUT2D eigenvalue weighted by atomic mass is 9.81. The Morgan fingerprint density at radius 3 is 2.35 bits per heavy atom. The number of rotatable bonds is 5. The van der Waals surface area contributed by atoms with Crippen LogP contribution in [0.1, 0.15) is 53.9 Å². The second-order valence-corrected chi connectivity index (χ2v) is 11.0. The van der Waals surface area contributed by atoms with E-state index in [-0.39, 0.29) is 23.8 Å². The van der Waals surface area contributed by atoms with Crippen molar-refractivity contribution in [3.8, 4) is 0 Å². The van der Waals surface area contributed by atoms with E-state index in [2.05, 4.69) is 5.32 Å². The van der Waals surface area contributed by atoms with Crippen molar-refractivity contribution in [2.45, 2.75) is 50.1 Å². The van der Waals surface area contributed by atoms with Gasteiger partial charge in [0.05, 0.1) is 16.0 Å². The van der Waals surface area contributed by atoms with E-state index >= 15 is 0 Å². The van der Waals surface area contributed by atoms with Gasteiger partial charge in [0.1, 0.15) is 0 Å². The van der Waals surface area contributed by atoms with Crippen molar-refractivity contribution in [1.82, 2.24) is 15.1 Å². The fourth-order valence-electron chi connectivity index (χ4n) is 5.61. The highest BCUT2D eigenvalue weighted by Crippen LogP contribution is 2.36. The third kappa shape index (κ3) is 6.33. The molecule has 0 radical (unpaired) electrons. The van der Waals surface area contributed by atoms with Crippen LogP contribution in [0.25, 0.3) is 0 Å². The Morgan fingerprint density at radius 2 is 1.68 bits per heavy atom. The zero-order valence-corrected chi connectivity index (χ0v) is 22.8. The van der Waals surface area contributed by atoms with Gasteiger partial charge in [-0.3, -0.25) is 9.59 Å². The molecule has 0 aromatic heterocycles. The molecule has 1 heterocycles. The summed E-state index contributed by atoms with van der Waals surface area (Å²) in [5.41, 5.74) is 1.42. The molecule has 1 aliphatic heterocycles. The summed E-state index contributed by atoms with van der Waals surface area (Å²) < 4.78 is 0. The molecule has 10 heteroatoms. The lowest BCUT2D eigenvalue weighted by Gasteiger charge is -2.44. The Morgan fingerprint density at radius 1 is 0.973 bits per heavy atom. The summed E-state index contributed by atoms with van der Waals surface area (Å²) in [6.45, 7) is 0.853. The molecule has 0 unspecified atom stereocenters. The lowest BCUT2D eigenvalue weighted by Crippen LogP contribution is -2.55. The molecule has 2 aliphatic rings. The molecule has 2 aromatic carbocycles. The summed E-state index contributed by atoms with van der Waals surface area (Å²) in [6, 6.07) is 11.6. The summed E-state index contributed by atoms with van der Waals surface area (Å²) in [7, 11) is 1.78. The maximum absolute atomic E-state index is 13.7. The number of amides is 3. The minimum atomic E-state index is -1.11. The van der Waals surface area contributed by atoms with Gasteiger partial charge in [0.15, 0.2) is 0 Å². The summed E-state index contributed by atoms with van der Waals surface area (Å²) >= 11 is 18.5. The van der Waals surface area contributed by atoms with Crippen LogP contribution < -0.4 is 5.32 Å². The summed E-state index contributed by atoms with van der Waals surface area (Å²) in [6.07, 6.45) is 2.53. The third-order valence-electron chi connectivity index (χ3n) is 7.56. The molecule has 2 aromatic rings. The highest BCUT2D eigenvalue weighted by Gasteiger charge is 2.41. The minimum absolute atomic E-state index is 0.0476. The number of carboxylic acid groups (broad SMARTS) is 1. The van der Waals surface area contributed by atoms with Crippen molar-refractivity contribution in [3.05, 3.63) is 68.7 Å². The van der Waals surface area contributed by atoms with Crippen molar-refractivity contribution in [1.29, 1.82) is 0 Å². The second kappa shape index (κ2) is 11.9. The number of hydrogen-bond donors (Lipinski definition) is 2. The normalized spacial score (nSPS) is 23.8. The minimum Gasteiger partial charge on any atom is -0.465 e. The summed E-state index contributed by atoms with van der Waals surface area (Å²) in [4.78, 5) is 41.9. The van der Waals surface area contributed by atoms with Gasteiger partial charge >= 0.3 is 6.09 Å². The first-order chi connectivity index (χ1) is 17.7. The molecule has 198 valence electrons. The number of carbonyl (C=O) groups excluding carboxylic acids is 2. The molecule has 4 atom stereocenters. The quantitative estimate of drug-likeness (QED) is 0.469. The average Bonchev–Trinajstić information content (AvgIpc) is 2.89. The Balaban J connectivity index is 1.60. The van der Waals surface area contributed by atoms with Gasteiger partial charge in [-0.25, -0.2) is 4.79 Å². The Kier molecular flexibility index (Phi) is 8.88. The molecular formula is C27H30Cl3N3O4. The van der Waals surface area contributed by atoms with Crippen LogP contribution in [0.5, 0.6) is 0 Å². The van der Waals surface area contributed by atoms with Gasteiger partial charge in [-0.2, -0.15) is 0 Å². The van der Waals surface area contributed by atoms with Gasteiger partial charge in [0.2, 0.25) is 5.91 Å². The molecule has 37 heavy (non-hydrogen) atoms. The standard InChI is InChI=1S/C27H30Cl3N3O4/c1-32(25(34)16-6-9-18(28)10-7-16)24-12-13-33(15-20(24)17-8-11-21(29)22(30)14-17)26(35)19-4-2-3-5-23(19)31-27(36)37/h6-11,14,19-20,23-24,31H,2-5,12-13,15H2,1H3,(H,36,37)/t19-,20-,23+,24+/m0/s1. The zero-order chi connectivity index (χ0) is 26.7. The first-order valence-corrected chi connectivity index (χ1v) is 13.5. The van der Waals surface area contributed by atoms with Crippen LogP contribution in [-0.4, -0.2) is 65.0 Å². The zero-order valence-electron chi connectivity index (χ0n) is 20.5. The fraction of sp³-hybridized carbons (Fsp3) is 0.444. The molecule has 4 rings (SSSR count). The number of benzene rings is 2. The molecule has 2 fully saturated rings. The molecule has 1 saturated carbocycles. The molecular weight excluding hydrogens is 537 g/mol. The average molecular weight is 567 g/mol. The van der Waals surface area contributed by atoms with Crippen LogP contribution in [-0.2, 0) is 4.79 Å². The lowest BCUT2D eigenvalue weighted by molar-refractivity contribution is -0.139. The number of hydrogen-bond acceptors (Lipinski definition) is 3. The van der Waals surface area contributed by atoms with E-state index in [0.717, 1.165) is 18.4 Å². The van der Waals surface area contributed by atoms with E-state index in [1.807, 2.05) is 11.0 Å². The molecule has 3 amide bonds. The van der Waals surface area contributed by atoms with Crippen LogP contribution in [0.4, 0.5) is 4.79 Å². The van der Waals surface area contributed by atoms with E-state index in [9.17, 15) is 19.5 Å². The predicted molar refractivity (Wildman–Crippen MR) is 145 cm³/mol. The van der Waals surface area contributed by atoms with Crippen molar-refractivity contribution in [3.63, 3.8) is 0 Å². The largest absolute Gasteiger partial charge is 0.465 e. The molecule has 1 saturated heterocycles. The van der Waals surface area contributed by atoms with Crippen LogP contribution in [0.15, 0.2) is 42.5 Å². The van der Waals surface area contributed by atoms with Crippen LogP contribution in [0.2, 0.25) is 15.1 Å². The van der Waals surface area contributed by atoms with Gasteiger partial charge < -0.3 is 20.2 Å². The van der Waals surface area contributed by atoms with Crippen molar-refractivity contribution >= 4 is 52.7 Å². The van der Waals surface area contributed by atoms with Crippen LogP contribution >= 0.6 is 34.8 Å². The number of nitrogens with zero attached hydrogens (tertiary/aromatic N) is 2. The number of halogens is 3. The Labute approximate surface area is 231 Å². The molecule has 7 nitrogen and oxygen atoms in total. The SMILES string of the molecule is CN(C(=O)c1ccc(Cl)cc1)[C@@H]1CCN(C(=O)[C@H]2CCCC[C@H]2NC(=O)O)C[C@H]1c1ccc(Cl)c(Cl)c1. The van der Waals surface area contributed by atoms with Crippen LogP contribution in [0, 0.1) is 5.92 Å².